The number of aliphatic hydroxyl groups is 1. The van der Waals surface area contributed by atoms with Crippen molar-refractivity contribution < 1.29 is 5.11 Å². The molecule has 1 aliphatic heterocycles. The first-order chi connectivity index (χ1) is 9.29. The predicted molar refractivity (Wildman–Crippen MR) is 76.7 cm³/mol. The fourth-order valence-electron chi connectivity index (χ4n) is 2.32. The second-order valence-electron chi connectivity index (χ2n) is 4.55. The molecule has 102 valence electrons. The molecule has 0 spiro atoms. The van der Waals surface area contributed by atoms with Crippen LogP contribution in [0.15, 0.2) is 17.2 Å². The monoisotopic (exact) mass is 279 g/mol. The number of anilines is 2. The average molecular weight is 279 g/mol. The van der Waals surface area contributed by atoms with Crippen LogP contribution >= 0.6 is 11.8 Å². The fraction of sp³-hybridized carbons (Fsp3) is 0.500. The molecule has 0 radical (unpaired) electrons. The Morgan fingerprint density at radius 3 is 2.89 bits per heavy atom. The molecule has 6 nitrogen and oxygen atoms in total. The number of aliphatic hydroxyl groups excluding tert-OH is 1. The van der Waals surface area contributed by atoms with Crippen LogP contribution in [0.3, 0.4) is 0 Å². The van der Waals surface area contributed by atoms with Crippen LogP contribution in [0.25, 0.3) is 5.65 Å². The molecule has 3 N–H and O–H groups in total. The number of aromatic nitrogens is 3. The van der Waals surface area contributed by atoms with Gasteiger partial charge in [-0.1, -0.05) is 0 Å². The number of nitrogens with two attached hydrogens (primary N) is 1. The second-order valence-corrected chi connectivity index (χ2v) is 5.69. The van der Waals surface area contributed by atoms with E-state index in [0.717, 1.165) is 29.5 Å². The first-order valence-electron chi connectivity index (χ1n) is 6.42. The normalized spacial score (nSPS) is 15.5. The van der Waals surface area contributed by atoms with Gasteiger partial charge in [0.25, 0.3) is 0 Å². The number of rotatable bonds is 4. The highest BCUT2D eigenvalue weighted by molar-refractivity contribution is 7.99. The fourth-order valence-corrected chi connectivity index (χ4v) is 3.01. The Morgan fingerprint density at radius 2 is 2.16 bits per heavy atom. The van der Waals surface area contributed by atoms with Gasteiger partial charge in [-0.05, 0) is 12.8 Å². The highest BCUT2D eigenvalue weighted by Crippen LogP contribution is 2.27. The van der Waals surface area contributed by atoms with Gasteiger partial charge in [0.15, 0.2) is 5.65 Å². The first kappa shape index (κ1) is 12.6. The van der Waals surface area contributed by atoms with Crippen LogP contribution in [0, 0.1) is 0 Å². The van der Waals surface area contributed by atoms with E-state index in [1.165, 1.54) is 12.8 Å². The smallest absolute Gasteiger partial charge is 0.173 e. The Hall–Kier alpha value is -1.47. The van der Waals surface area contributed by atoms with Crippen molar-refractivity contribution in [2.24, 2.45) is 0 Å². The van der Waals surface area contributed by atoms with Crippen molar-refractivity contribution in [2.45, 2.75) is 17.7 Å². The van der Waals surface area contributed by atoms with E-state index in [0.29, 0.717) is 11.6 Å². The highest BCUT2D eigenvalue weighted by Gasteiger charge is 2.17. The summed E-state index contributed by atoms with van der Waals surface area (Å²) in [6, 6.07) is 1.88. The van der Waals surface area contributed by atoms with E-state index < -0.39 is 0 Å². The van der Waals surface area contributed by atoms with Crippen LogP contribution < -0.4 is 10.6 Å². The van der Waals surface area contributed by atoms with Gasteiger partial charge < -0.3 is 15.7 Å². The van der Waals surface area contributed by atoms with E-state index in [9.17, 15) is 0 Å². The molecular weight excluding hydrogens is 262 g/mol. The molecule has 0 saturated carbocycles. The molecule has 2 aromatic heterocycles. The third-order valence-corrected chi connectivity index (χ3v) is 4.22. The van der Waals surface area contributed by atoms with Crippen molar-refractivity contribution in [3.05, 3.63) is 12.3 Å². The highest BCUT2D eigenvalue weighted by atomic mass is 32.2. The van der Waals surface area contributed by atoms with Crippen LogP contribution in [0.4, 0.5) is 11.6 Å². The quantitative estimate of drug-likeness (QED) is 0.813. The standard InChI is InChI=1S/C12H17N5OS/c13-10-7-11(16-3-1-2-4-16)15-12-9(19-6-5-18)8-14-17(10)12/h7-8,18H,1-6,13H2. The lowest BCUT2D eigenvalue weighted by Crippen LogP contribution is -2.20. The minimum absolute atomic E-state index is 0.142. The van der Waals surface area contributed by atoms with Crippen LogP contribution in [-0.2, 0) is 0 Å². The molecule has 1 fully saturated rings. The van der Waals surface area contributed by atoms with Gasteiger partial charge in [-0.2, -0.15) is 9.61 Å². The van der Waals surface area contributed by atoms with Crippen molar-refractivity contribution in [1.29, 1.82) is 0 Å². The number of nitrogen functional groups attached to an aromatic ring is 1. The Kier molecular flexibility index (Phi) is 3.48. The van der Waals surface area contributed by atoms with Crippen LogP contribution in [-0.4, -0.2) is 45.2 Å². The summed E-state index contributed by atoms with van der Waals surface area (Å²) in [5, 5.41) is 13.2. The molecule has 0 bridgehead atoms. The summed E-state index contributed by atoms with van der Waals surface area (Å²) in [6.45, 7) is 2.22. The zero-order valence-electron chi connectivity index (χ0n) is 10.6. The van der Waals surface area contributed by atoms with Crippen molar-refractivity contribution >= 4 is 29.0 Å². The van der Waals surface area contributed by atoms with Gasteiger partial charge in [0.1, 0.15) is 11.6 Å². The Bertz CT molecular complexity index is 579. The summed E-state index contributed by atoms with van der Waals surface area (Å²) < 4.78 is 1.65. The van der Waals surface area contributed by atoms with Crippen LogP contribution in [0.1, 0.15) is 12.8 Å². The van der Waals surface area contributed by atoms with E-state index in [1.54, 1.807) is 22.5 Å². The minimum atomic E-state index is 0.142. The maximum atomic E-state index is 8.92. The van der Waals surface area contributed by atoms with Crippen LogP contribution in [0.2, 0.25) is 0 Å². The molecule has 0 aliphatic carbocycles. The van der Waals surface area contributed by atoms with Crippen molar-refractivity contribution in [3.8, 4) is 0 Å². The predicted octanol–water partition coefficient (Wildman–Crippen LogP) is 0.996. The van der Waals surface area contributed by atoms with E-state index in [1.807, 2.05) is 6.07 Å². The largest absolute Gasteiger partial charge is 0.396 e. The SMILES string of the molecule is Nc1cc(N2CCCC2)nc2c(SCCO)cnn12. The number of thioether (sulfide) groups is 1. The van der Waals surface area contributed by atoms with E-state index in [4.69, 9.17) is 10.8 Å². The lowest BCUT2D eigenvalue weighted by Gasteiger charge is -2.17. The van der Waals surface area contributed by atoms with Crippen molar-refractivity contribution in [3.63, 3.8) is 0 Å². The number of hydrogen-bond acceptors (Lipinski definition) is 6. The van der Waals surface area contributed by atoms with E-state index in [2.05, 4.69) is 15.0 Å². The summed E-state index contributed by atoms with van der Waals surface area (Å²) >= 11 is 1.55. The molecule has 1 saturated heterocycles. The molecule has 0 unspecified atom stereocenters. The third kappa shape index (κ3) is 2.35. The Balaban J connectivity index is 2.00. The summed E-state index contributed by atoms with van der Waals surface area (Å²) in [5.41, 5.74) is 6.82. The van der Waals surface area contributed by atoms with E-state index in [-0.39, 0.29) is 6.61 Å². The molecule has 0 atom stereocenters. The molecule has 2 aromatic rings. The lowest BCUT2D eigenvalue weighted by atomic mass is 10.4. The maximum absolute atomic E-state index is 8.92. The van der Waals surface area contributed by atoms with Gasteiger partial charge in [-0.25, -0.2) is 4.98 Å². The molecule has 3 heterocycles. The molecule has 0 amide bonds. The van der Waals surface area contributed by atoms with Crippen molar-refractivity contribution in [1.82, 2.24) is 14.6 Å². The summed E-state index contributed by atoms with van der Waals surface area (Å²) in [4.78, 5) is 7.89. The van der Waals surface area contributed by atoms with Crippen LogP contribution in [0.5, 0.6) is 0 Å². The van der Waals surface area contributed by atoms with Gasteiger partial charge in [0.2, 0.25) is 0 Å². The van der Waals surface area contributed by atoms with Crippen molar-refractivity contribution in [2.75, 3.05) is 36.1 Å². The molecule has 7 heteroatoms. The lowest BCUT2D eigenvalue weighted by molar-refractivity contribution is 0.322. The second kappa shape index (κ2) is 5.26. The van der Waals surface area contributed by atoms with Gasteiger partial charge >= 0.3 is 0 Å². The average Bonchev–Trinajstić information content (AvgIpc) is 3.06. The summed E-state index contributed by atoms with van der Waals surface area (Å²) in [6.07, 6.45) is 4.17. The molecule has 3 rings (SSSR count). The van der Waals surface area contributed by atoms with Gasteiger partial charge in [0, 0.05) is 24.9 Å². The minimum Gasteiger partial charge on any atom is -0.396 e. The molecule has 1 aliphatic rings. The first-order valence-corrected chi connectivity index (χ1v) is 7.41. The number of fused-ring (bicyclic) bond motifs is 1. The summed E-state index contributed by atoms with van der Waals surface area (Å²) in [7, 11) is 0. The number of nitrogens with zero attached hydrogens (tertiary/aromatic N) is 4. The Labute approximate surface area is 115 Å². The third-order valence-electron chi connectivity index (χ3n) is 3.23. The zero-order valence-corrected chi connectivity index (χ0v) is 11.4. The Morgan fingerprint density at radius 1 is 1.37 bits per heavy atom. The van der Waals surface area contributed by atoms with Gasteiger partial charge in [0.05, 0.1) is 17.7 Å². The van der Waals surface area contributed by atoms with E-state index >= 15 is 0 Å². The zero-order chi connectivity index (χ0) is 13.2. The van der Waals surface area contributed by atoms with Gasteiger partial charge in [-0.15, -0.1) is 11.8 Å². The van der Waals surface area contributed by atoms with Gasteiger partial charge in [-0.3, -0.25) is 0 Å². The number of hydrogen-bond donors (Lipinski definition) is 2. The maximum Gasteiger partial charge on any atom is 0.173 e. The summed E-state index contributed by atoms with van der Waals surface area (Å²) in [5.74, 6) is 2.16. The topological polar surface area (TPSA) is 79.7 Å². The molecule has 19 heavy (non-hydrogen) atoms. The molecule has 0 aromatic carbocycles. The molecular formula is C12H17N5OS.